The van der Waals surface area contributed by atoms with Gasteiger partial charge in [-0.2, -0.15) is 0 Å². The van der Waals surface area contributed by atoms with Gasteiger partial charge in [0.05, 0.1) is 24.2 Å². The second-order valence-electron chi connectivity index (χ2n) is 8.28. The van der Waals surface area contributed by atoms with E-state index < -0.39 is 6.10 Å². The zero-order chi connectivity index (χ0) is 22.2. The van der Waals surface area contributed by atoms with Crippen molar-refractivity contribution < 1.29 is 9.84 Å². The average molecular weight is 443 g/mol. The maximum atomic E-state index is 11.3. The van der Waals surface area contributed by atoms with Gasteiger partial charge >= 0.3 is 0 Å². The Balaban J connectivity index is 1.86. The molecule has 1 heterocycles. The highest BCUT2D eigenvalue weighted by molar-refractivity contribution is 6.31. The lowest BCUT2D eigenvalue weighted by atomic mass is 9.95. The minimum atomic E-state index is -0.569. The quantitative estimate of drug-likeness (QED) is 0.314. The van der Waals surface area contributed by atoms with Gasteiger partial charge in [0.25, 0.3) is 0 Å². The fourth-order valence-corrected chi connectivity index (χ4v) is 4.33. The topological polar surface area (TPSA) is 45.6 Å². The van der Waals surface area contributed by atoms with Gasteiger partial charge in [0, 0.05) is 15.8 Å². The molecule has 2 aromatic carbocycles. The van der Waals surface area contributed by atoms with E-state index in [1.807, 2.05) is 36.4 Å². The Hall–Kier alpha value is -1.88. The summed E-state index contributed by atoms with van der Waals surface area (Å²) in [5.41, 5.74) is 2.58. The summed E-state index contributed by atoms with van der Waals surface area (Å²) < 4.78 is 5.44. The van der Waals surface area contributed by atoms with Crippen molar-refractivity contribution >= 4 is 33.4 Å². The number of hydrogen-bond acceptors (Lipinski definition) is 4. The molecule has 0 aliphatic carbocycles. The van der Waals surface area contributed by atoms with Gasteiger partial charge in [-0.3, -0.25) is 0 Å². The summed E-state index contributed by atoms with van der Waals surface area (Å²) in [5, 5.41) is 13.8. The van der Waals surface area contributed by atoms with Crippen molar-refractivity contribution in [1.82, 2.24) is 9.88 Å². The molecule has 0 aliphatic rings. The highest BCUT2D eigenvalue weighted by Crippen LogP contribution is 2.35. The largest absolute Gasteiger partial charge is 0.497 e. The number of pyridine rings is 1. The predicted molar refractivity (Wildman–Crippen MR) is 131 cm³/mol. The number of aliphatic hydroxyl groups excluding tert-OH is 1. The van der Waals surface area contributed by atoms with E-state index in [0.29, 0.717) is 11.4 Å². The number of hydrogen-bond donors (Lipinski definition) is 1. The summed E-state index contributed by atoms with van der Waals surface area (Å²) in [5.74, 6) is 0.765. The standard InChI is InChI=1S/C26H35ClN2O2/c1-4-6-14-29(15-7-5-2)16-8-9-25(30)26-21-12-10-19(27)17-24(21)28-23-13-11-20(31-3)18-22(23)26/h10-13,17-18,25,30H,4-9,14-16H2,1-3H3. The minimum absolute atomic E-state index is 0.569. The molecule has 31 heavy (non-hydrogen) atoms. The number of fused-ring (bicyclic) bond motifs is 2. The fourth-order valence-electron chi connectivity index (χ4n) is 4.17. The number of methoxy groups -OCH3 is 1. The highest BCUT2D eigenvalue weighted by atomic mass is 35.5. The van der Waals surface area contributed by atoms with Crippen LogP contribution in [0.1, 0.15) is 64.0 Å². The third-order valence-electron chi connectivity index (χ3n) is 5.93. The van der Waals surface area contributed by atoms with Gasteiger partial charge in [-0.15, -0.1) is 0 Å². The van der Waals surface area contributed by atoms with Crippen molar-refractivity contribution in [2.75, 3.05) is 26.7 Å². The molecule has 1 aromatic heterocycles. The summed E-state index contributed by atoms with van der Waals surface area (Å²) >= 11 is 6.22. The lowest BCUT2D eigenvalue weighted by molar-refractivity contribution is 0.157. The fraction of sp³-hybridized carbons (Fsp3) is 0.500. The van der Waals surface area contributed by atoms with Gasteiger partial charge in [0.15, 0.2) is 0 Å². The second-order valence-corrected chi connectivity index (χ2v) is 8.71. The maximum absolute atomic E-state index is 11.3. The number of unbranched alkanes of at least 4 members (excludes halogenated alkanes) is 2. The Morgan fingerprint density at radius 3 is 2.32 bits per heavy atom. The van der Waals surface area contributed by atoms with Crippen molar-refractivity contribution in [2.45, 2.75) is 58.5 Å². The molecule has 1 atom stereocenters. The molecule has 4 nitrogen and oxygen atoms in total. The molecule has 1 N–H and O–H groups in total. The normalized spacial score (nSPS) is 12.7. The summed E-state index contributed by atoms with van der Waals surface area (Å²) in [6, 6.07) is 11.5. The van der Waals surface area contributed by atoms with Gasteiger partial charge in [0.1, 0.15) is 5.75 Å². The molecule has 0 saturated carbocycles. The van der Waals surface area contributed by atoms with Crippen LogP contribution < -0.4 is 4.74 Å². The molecule has 3 rings (SSSR count). The van der Waals surface area contributed by atoms with Crippen LogP contribution in [-0.4, -0.2) is 41.7 Å². The van der Waals surface area contributed by atoms with Gasteiger partial charge in [-0.1, -0.05) is 44.4 Å². The Morgan fingerprint density at radius 2 is 1.65 bits per heavy atom. The number of ether oxygens (including phenoxy) is 1. The molecule has 0 aliphatic heterocycles. The van der Waals surface area contributed by atoms with Crippen LogP contribution >= 0.6 is 11.6 Å². The molecule has 0 saturated heterocycles. The smallest absolute Gasteiger partial charge is 0.119 e. The first-order valence-electron chi connectivity index (χ1n) is 11.5. The van der Waals surface area contributed by atoms with Crippen LogP contribution in [0.15, 0.2) is 36.4 Å². The van der Waals surface area contributed by atoms with Gasteiger partial charge < -0.3 is 14.7 Å². The molecule has 0 spiro atoms. The first-order valence-corrected chi connectivity index (χ1v) is 11.9. The summed E-state index contributed by atoms with van der Waals surface area (Å²) in [6.07, 6.45) is 5.98. The molecular formula is C26H35ClN2O2. The lowest BCUT2D eigenvalue weighted by Crippen LogP contribution is -2.27. The van der Waals surface area contributed by atoms with E-state index in [9.17, 15) is 5.11 Å². The highest BCUT2D eigenvalue weighted by Gasteiger charge is 2.18. The molecular weight excluding hydrogens is 408 g/mol. The van der Waals surface area contributed by atoms with Crippen LogP contribution in [0, 0.1) is 0 Å². The van der Waals surface area contributed by atoms with E-state index >= 15 is 0 Å². The van der Waals surface area contributed by atoms with Crippen molar-refractivity contribution in [3.8, 4) is 5.75 Å². The molecule has 1 unspecified atom stereocenters. The summed E-state index contributed by atoms with van der Waals surface area (Å²) in [6.45, 7) is 7.78. The van der Waals surface area contributed by atoms with Crippen LogP contribution in [0.2, 0.25) is 5.02 Å². The predicted octanol–water partition coefficient (Wildman–Crippen LogP) is 6.77. The number of nitrogens with zero attached hydrogens (tertiary/aromatic N) is 2. The van der Waals surface area contributed by atoms with Gasteiger partial charge in [-0.05, 0) is 81.2 Å². The van der Waals surface area contributed by atoms with E-state index in [4.69, 9.17) is 21.3 Å². The van der Waals surface area contributed by atoms with E-state index in [0.717, 1.165) is 59.2 Å². The Kier molecular flexibility index (Phi) is 8.94. The Labute approximate surface area is 191 Å². The zero-order valence-electron chi connectivity index (χ0n) is 19.0. The SMILES string of the molecule is CCCCN(CCCC)CCCC(O)c1c2ccc(Cl)cc2nc2ccc(OC)cc12. The van der Waals surface area contributed by atoms with Crippen molar-refractivity contribution in [3.05, 3.63) is 47.0 Å². The van der Waals surface area contributed by atoms with E-state index in [2.05, 4.69) is 18.7 Å². The van der Waals surface area contributed by atoms with Crippen molar-refractivity contribution in [1.29, 1.82) is 0 Å². The molecule has 0 bridgehead atoms. The molecule has 5 heteroatoms. The second kappa shape index (κ2) is 11.7. The van der Waals surface area contributed by atoms with Gasteiger partial charge in [-0.25, -0.2) is 4.98 Å². The van der Waals surface area contributed by atoms with Crippen molar-refractivity contribution in [3.63, 3.8) is 0 Å². The molecule has 0 amide bonds. The Bertz CT molecular complexity index is 984. The number of aliphatic hydroxyl groups is 1. The number of aromatic nitrogens is 1. The number of rotatable bonds is 12. The van der Waals surface area contributed by atoms with Crippen LogP contribution in [-0.2, 0) is 0 Å². The first-order chi connectivity index (χ1) is 15.1. The first kappa shape index (κ1) is 23.8. The summed E-state index contributed by atoms with van der Waals surface area (Å²) in [4.78, 5) is 7.32. The minimum Gasteiger partial charge on any atom is -0.497 e. The third-order valence-corrected chi connectivity index (χ3v) is 6.16. The van der Waals surface area contributed by atoms with Crippen LogP contribution in [0.3, 0.4) is 0 Å². The monoisotopic (exact) mass is 442 g/mol. The summed E-state index contributed by atoms with van der Waals surface area (Å²) in [7, 11) is 1.66. The van der Waals surface area contributed by atoms with E-state index in [1.165, 1.54) is 25.7 Å². The van der Waals surface area contributed by atoms with Gasteiger partial charge in [0.2, 0.25) is 0 Å². The molecule has 168 valence electrons. The van der Waals surface area contributed by atoms with Crippen molar-refractivity contribution in [2.24, 2.45) is 0 Å². The molecule has 0 fully saturated rings. The van der Waals surface area contributed by atoms with Crippen LogP contribution in [0.5, 0.6) is 5.75 Å². The van der Waals surface area contributed by atoms with E-state index in [1.54, 1.807) is 7.11 Å². The van der Waals surface area contributed by atoms with Crippen LogP contribution in [0.25, 0.3) is 21.8 Å². The third kappa shape index (κ3) is 6.09. The average Bonchev–Trinajstić information content (AvgIpc) is 2.78. The number of halogens is 1. The van der Waals surface area contributed by atoms with Crippen LogP contribution in [0.4, 0.5) is 0 Å². The maximum Gasteiger partial charge on any atom is 0.119 e. The molecule has 0 radical (unpaired) electrons. The lowest BCUT2D eigenvalue weighted by Gasteiger charge is -2.23. The molecule has 3 aromatic rings. The Morgan fingerprint density at radius 1 is 0.935 bits per heavy atom. The zero-order valence-corrected chi connectivity index (χ0v) is 19.8. The number of benzene rings is 2. The van der Waals surface area contributed by atoms with E-state index in [-0.39, 0.29) is 0 Å².